The molecule has 2 rings (SSSR count). The van der Waals surface area contributed by atoms with Gasteiger partial charge in [-0.2, -0.15) is 0 Å². The number of nitrogens with one attached hydrogen (secondary N) is 2. The van der Waals surface area contributed by atoms with Crippen molar-refractivity contribution in [2.45, 2.75) is 39.7 Å². The van der Waals surface area contributed by atoms with E-state index in [9.17, 15) is 4.39 Å². The number of aliphatic imine (C=N–C) groups is 1. The van der Waals surface area contributed by atoms with Crippen molar-refractivity contribution in [3.05, 3.63) is 42.0 Å². The number of oxazole rings is 1. The lowest BCUT2D eigenvalue weighted by atomic mass is 10.1. The molecule has 138 valence electrons. The summed E-state index contributed by atoms with van der Waals surface area (Å²) < 4.78 is 18.4. The Bertz CT molecular complexity index is 677. The maximum absolute atomic E-state index is 13.0. The second-order valence-electron chi connectivity index (χ2n) is 6.54. The van der Waals surface area contributed by atoms with Crippen molar-refractivity contribution in [1.82, 2.24) is 15.6 Å². The highest BCUT2D eigenvalue weighted by Gasteiger charge is 2.12. The van der Waals surface area contributed by atoms with Crippen LogP contribution >= 0.6 is 24.0 Å². The monoisotopic (exact) mass is 460 g/mol. The molecule has 1 aromatic carbocycles. The van der Waals surface area contributed by atoms with E-state index in [1.807, 2.05) is 6.92 Å². The average Bonchev–Trinajstić information content (AvgIpc) is 2.95. The summed E-state index contributed by atoms with van der Waals surface area (Å²) in [5.41, 5.74) is 1.53. The Balaban J connectivity index is 0.00000312. The van der Waals surface area contributed by atoms with Gasteiger partial charge in [0.1, 0.15) is 12.1 Å². The topological polar surface area (TPSA) is 62.5 Å². The molecule has 7 heteroatoms. The first-order chi connectivity index (χ1) is 11.4. The van der Waals surface area contributed by atoms with Crippen molar-refractivity contribution in [3.8, 4) is 11.5 Å². The van der Waals surface area contributed by atoms with Gasteiger partial charge in [0.05, 0.1) is 5.69 Å². The van der Waals surface area contributed by atoms with Crippen LogP contribution in [0.5, 0.6) is 0 Å². The second-order valence-corrected chi connectivity index (χ2v) is 6.54. The maximum atomic E-state index is 13.0. The summed E-state index contributed by atoms with van der Waals surface area (Å²) >= 11 is 0. The molecule has 0 bridgehead atoms. The summed E-state index contributed by atoms with van der Waals surface area (Å²) in [4.78, 5) is 8.98. The number of hydrogen-bond donors (Lipinski definition) is 2. The number of rotatable bonds is 5. The molecule has 0 saturated carbocycles. The molecule has 0 unspecified atom stereocenters. The van der Waals surface area contributed by atoms with E-state index in [1.54, 1.807) is 18.4 Å². The zero-order valence-corrected chi connectivity index (χ0v) is 17.4. The Morgan fingerprint density at radius 1 is 1.24 bits per heavy atom. The van der Waals surface area contributed by atoms with E-state index in [4.69, 9.17) is 4.42 Å². The summed E-state index contributed by atoms with van der Waals surface area (Å²) in [6.45, 7) is 9.71. The third kappa shape index (κ3) is 7.41. The molecule has 1 heterocycles. The molecule has 0 aliphatic carbocycles. The van der Waals surface area contributed by atoms with E-state index in [-0.39, 0.29) is 35.3 Å². The van der Waals surface area contributed by atoms with E-state index in [0.29, 0.717) is 18.9 Å². The van der Waals surface area contributed by atoms with Gasteiger partial charge in [0.15, 0.2) is 5.96 Å². The minimum atomic E-state index is -0.276. The van der Waals surface area contributed by atoms with Gasteiger partial charge in [-0.1, -0.05) is 0 Å². The van der Waals surface area contributed by atoms with E-state index < -0.39 is 0 Å². The van der Waals surface area contributed by atoms with Crippen LogP contribution in [-0.2, 0) is 6.42 Å². The fourth-order valence-electron chi connectivity index (χ4n) is 2.09. The molecule has 25 heavy (non-hydrogen) atoms. The highest BCUT2D eigenvalue weighted by Crippen LogP contribution is 2.19. The van der Waals surface area contributed by atoms with Crippen molar-refractivity contribution in [2.75, 3.05) is 13.1 Å². The first-order valence-corrected chi connectivity index (χ1v) is 8.14. The maximum Gasteiger partial charge on any atom is 0.226 e. The number of halogens is 2. The summed E-state index contributed by atoms with van der Waals surface area (Å²) in [6, 6.07) is 6.09. The number of aromatic nitrogens is 1. The molecule has 0 radical (unpaired) electrons. The standard InChI is InChI=1S/C18H25FN4O.HI/c1-5-20-17(23-18(2,3)4)21-11-10-15-12-24-16(22-15)13-6-8-14(19)9-7-13;/h6-9,12H,5,10-11H2,1-4H3,(H2,20,21,23);1H. The fourth-order valence-corrected chi connectivity index (χ4v) is 2.09. The second kappa shape index (κ2) is 9.74. The summed E-state index contributed by atoms with van der Waals surface area (Å²) in [7, 11) is 0. The van der Waals surface area contributed by atoms with Crippen LogP contribution in [0, 0.1) is 5.82 Å². The molecule has 2 aromatic rings. The van der Waals surface area contributed by atoms with Gasteiger partial charge in [0.2, 0.25) is 5.89 Å². The van der Waals surface area contributed by atoms with Gasteiger partial charge < -0.3 is 15.1 Å². The molecular weight excluding hydrogens is 434 g/mol. The Kier molecular flexibility index (Phi) is 8.34. The third-order valence-corrected chi connectivity index (χ3v) is 3.12. The highest BCUT2D eigenvalue weighted by atomic mass is 127. The van der Waals surface area contributed by atoms with Crippen LogP contribution in [0.15, 0.2) is 39.9 Å². The van der Waals surface area contributed by atoms with E-state index in [2.05, 4.69) is 41.4 Å². The molecule has 0 spiro atoms. The average molecular weight is 460 g/mol. The van der Waals surface area contributed by atoms with Crippen LogP contribution in [0.2, 0.25) is 0 Å². The predicted molar refractivity (Wildman–Crippen MR) is 110 cm³/mol. The molecule has 0 atom stereocenters. The van der Waals surface area contributed by atoms with Gasteiger partial charge in [0, 0.05) is 30.6 Å². The van der Waals surface area contributed by atoms with Crippen LogP contribution in [0.4, 0.5) is 4.39 Å². The summed E-state index contributed by atoms with van der Waals surface area (Å²) in [5, 5.41) is 6.56. The molecule has 0 aliphatic heterocycles. The number of hydrogen-bond acceptors (Lipinski definition) is 3. The zero-order valence-electron chi connectivity index (χ0n) is 15.1. The quantitative estimate of drug-likeness (QED) is 0.403. The molecule has 0 amide bonds. The molecular formula is C18H26FIN4O. The van der Waals surface area contributed by atoms with Gasteiger partial charge >= 0.3 is 0 Å². The third-order valence-electron chi connectivity index (χ3n) is 3.12. The van der Waals surface area contributed by atoms with E-state index in [1.165, 1.54) is 12.1 Å². The summed E-state index contributed by atoms with van der Waals surface area (Å²) in [5.74, 6) is 1.00. The lowest BCUT2D eigenvalue weighted by molar-refractivity contribution is 0.501. The van der Waals surface area contributed by atoms with E-state index >= 15 is 0 Å². The van der Waals surface area contributed by atoms with Crippen LogP contribution in [0.3, 0.4) is 0 Å². The number of guanidine groups is 1. The predicted octanol–water partition coefficient (Wildman–Crippen LogP) is 3.99. The Morgan fingerprint density at radius 2 is 1.92 bits per heavy atom. The van der Waals surface area contributed by atoms with Gasteiger partial charge in [-0.15, -0.1) is 24.0 Å². The molecule has 0 saturated heterocycles. The van der Waals surface area contributed by atoms with Crippen molar-refractivity contribution < 1.29 is 8.81 Å². The van der Waals surface area contributed by atoms with Gasteiger partial charge in [-0.3, -0.25) is 4.99 Å². The van der Waals surface area contributed by atoms with Gasteiger partial charge in [0.25, 0.3) is 0 Å². The lowest BCUT2D eigenvalue weighted by Crippen LogP contribution is -2.47. The van der Waals surface area contributed by atoms with Crippen LogP contribution in [0.1, 0.15) is 33.4 Å². The molecule has 1 aromatic heterocycles. The minimum Gasteiger partial charge on any atom is -0.444 e. The SMILES string of the molecule is CCNC(=NCCc1coc(-c2ccc(F)cc2)n1)NC(C)(C)C.I. The zero-order chi connectivity index (χ0) is 17.6. The van der Waals surface area contributed by atoms with Crippen LogP contribution < -0.4 is 10.6 Å². The molecule has 0 aliphatic rings. The van der Waals surface area contributed by atoms with E-state index in [0.717, 1.165) is 23.8 Å². The fraction of sp³-hybridized carbons (Fsp3) is 0.444. The van der Waals surface area contributed by atoms with Crippen molar-refractivity contribution in [1.29, 1.82) is 0 Å². The van der Waals surface area contributed by atoms with Gasteiger partial charge in [-0.25, -0.2) is 9.37 Å². The first-order valence-electron chi connectivity index (χ1n) is 8.14. The normalized spacial score (nSPS) is 11.8. The van der Waals surface area contributed by atoms with Crippen molar-refractivity contribution in [3.63, 3.8) is 0 Å². The number of benzene rings is 1. The minimum absolute atomic E-state index is 0. The number of nitrogens with zero attached hydrogens (tertiary/aromatic N) is 2. The van der Waals surface area contributed by atoms with Crippen LogP contribution in [0.25, 0.3) is 11.5 Å². The largest absolute Gasteiger partial charge is 0.444 e. The van der Waals surface area contributed by atoms with Gasteiger partial charge in [-0.05, 0) is 52.0 Å². The smallest absolute Gasteiger partial charge is 0.226 e. The lowest BCUT2D eigenvalue weighted by Gasteiger charge is -2.23. The molecule has 0 fully saturated rings. The van der Waals surface area contributed by atoms with Crippen molar-refractivity contribution in [2.24, 2.45) is 4.99 Å². The molecule has 5 nitrogen and oxygen atoms in total. The van der Waals surface area contributed by atoms with Crippen LogP contribution in [-0.4, -0.2) is 29.6 Å². The molecule has 2 N–H and O–H groups in total. The Hall–Kier alpha value is -1.64. The Labute approximate surface area is 165 Å². The van der Waals surface area contributed by atoms with Crippen molar-refractivity contribution >= 4 is 29.9 Å². The highest BCUT2D eigenvalue weighted by molar-refractivity contribution is 14.0. The summed E-state index contributed by atoms with van der Waals surface area (Å²) in [6.07, 6.45) is 2.30. The first kappa shape index (κ1) is 21.4. The Morgan fingerprint density at radius 3 is 2.52 bits per heavy atom.